The van der Waals surface area contributed by atoms with Crippen molar-refractivity contribution in [3.63, 3.8) is 0 Å². The topological polar surface area (TPSA) is 41.5 Å². The molecule has 0 atom stereocenters. The monoisotopic (exact) mass is 432 g/mol. The van der Waals surface area contributed by atoms with E-state index < -0.39 is 0 Å². The van der Waals surface area contributed by atoms with Crippen LogP contribution in [0.5, 0.6) is 0 Å². The Kier molecular flexibility index (Phi) is 7.89. The van der Waals surface area contributed by atoms with E-state index in [1.54, 1.807) is 11.8 Å². The number of aliphatic imine (C=N–C) groups is 1. The van der Waals surface area contributed by atoms with E-state index >= 15 is 0 Å². The summed E-state index contributed by atoms with van der Waals surface area (Å²) in [5.74, 6) is 2.23. The first-order valence-electron chi connectivity index (χ1n) is 9.67. The molecule has 28 heavy (non-hydrogen) atoms. The lowest BCUT2D eigenvalue weighted by Gasteiger charge is -2.08. The van der Waals surface area contributed by atoms with Gasteiger partial charge >= 0.3 is 0 Å². The Labute approximate surface area is 180 Å². The van der Waals surface area contributed by atoms with Crippen LogP contribution < -0.4 is 5.32 Å². The second-order valence-electron chi connectivity index (χ2n) is 6.56. The van der Waals surface area contributed by atoms with Gasteiger partial charge in [-0.1, -0.05) is 37.2 Å². The van der Waals surface area contributed by atoms with Crippen molar-refractivity contribution in [2.75, 3.05) is 18.1 Å². The summed E-state index contributed by atoms with van der Waals surface area (Å²) in [5, 5.41) is 3.73. The van der Waals surface area contributed by atoms with Gasteiger partial charge in [0.15, 0.2) is 0 Å². The van der Waals surface area contributed by atoms with Gasteiger partial charge in [0.1, 0.15) is 0 Å². The fourth-order valence-electron chi connectivity index (χ4n) is 2.97. The first-order chi connectivity index (χ1) is 13.6. The summed E-state index contributed by atoms with van der Waals surface area (Å²) in [6.07, 6.45) is 2.99. The number of fused-ring (bicyclic) bond motifs is 2. The second kappa shape index (κ2) is 10.4. The number of hydrogen-bond acceptors (Lipinski definition) is 4. The van der Waals surface area contributed by atoms with E-state index in [0.29, 0.717) is 17.1 Å². The van der Waals surface area contributed by atoms with Crippen molar-refractivity contribution in [1.82, 2.24) is 5.32 Å². The zero-order valence-corrected chi connectivity index (χ0v) is 18.6. The van der Waals surface area contributed by atoms with Gasteiger partial charge in [0.25, 0.3) is 5.91 Å². The standard InChI is InChI=1S/C22H25ClN2OS2/c1-3-11-27-12-5-10-24-22(26)15-6-8-21-19(13-15)25-18(4-2)17-14-16(23)7-9-20(17)28-21/h6-9,13-14H,3-5,10-12H2,1-2H3,(H,24,26). The average molecular weight is 433 g/mol. The summed E-state index contributed by atoms with van der Waals surface area (Å²) in [7, 11) is 0. The molecule has 1 heterocycles. The lowest BCUT2D eigenvalue weighted by molar-refractivity contribution is 0.0954. The summed E-state index contributed by atoms with van der Waals surface area (Å²) in [4.78, 5) is 19.6. The Hall–Kier alpha value is -1.43. The number of carbonyl (C=O) groups is 1. The molecule has 0 unspecified atom stereocenters. The highest BCUT2D eigenvalue weighted by molar-refractivity contribution is 7.99. The van der Waals surface area contributed by atoms with E-state index in [0.717, 1.165) is 45.3 Å². The number of benzene rings is 2. The molecule has 0 saturated carbocycles. The molecule has 2 aromatic carbocycles. The summed E-state index contributed by atoms with van der Waals surface area (Å²) >= 11 is 9.81. The molecule has 1 amide bonds. The highest BCUT2D eigenvalue weighted by atomic mass is 35.5. The van der Waals surface area contributed by atoms with Crippen molar-refractivity contribution >= 4 is 52.4 Å². The number of nitrogens with zero attached hydrogens (tertiary/aromatic N) is 1. The minimum atomic E-state index is -0.0358. The molecule has 6 heteroatoms. The molecule has 1 N–H and O–H groups in total. The van der Waals surface area contributed by atoms with Crippen LogP contribution in [-0.4, -0.2) is 29.7 Å². The molecule has 0 aromatic heterocycles. The van der Waals surface area contributed by atoms with E-state index in [2.05, 4.69) is 19.2 Å². The number of amides is 1. The molecular weight excluding hydrogens is 408 g/mol. The van der Waals surface area contributed by atoms with Gasteiger partial charge in [0.2, 0.25) is 0 Å². The van der Waals surface area contributed by atoms with E-state index in [1.807, 2.05) is 48.2 Å². The lowest BCUT2D eigenvalue weighted by Crippen LogP contribution is -2.24. The van der Waals surface area contributed by atoms with Crippen LogP contribution in [0.4, 0.5) is 5.69 Å². The molecule has 148 valence electrons. The number of rotatable bonds is 8. The van der Waals surface area contributed by atoms with Gasteiger partial charge in [-0.2, -0.15) is 11.8 Å². The summed E-state index contributed by atoms with van der Waals surface area (Å²) in [5.41, 5.74) is 3.57. The van der Waals surface area contributed by atoms with Crippen molar-refractivity contribution in [1.29, 1.82) is 0 Å². The van der Waals surface area contributed by atoms with E-state index in [1.165, 1.54) is 12.2 Å². The van der Waals surface area contributed by atoms with Crippen LogP contribution in [0.2, 0.25) is 5.02 Å². The van der Waals surface area contributed by atoms with E-state index in [-0.39, 0.29) is 5.91 Å². The van der Waals surface area contributed by atoms with Gasteiger partial charge in [-0.15, -0.1) is 0 Å². The van der Waals surface area contributed by atoms with Crippen LogP contribution in [0.3, 0.4) is 0 Å². The van der Waals surface area contributed by atoms with Crippen LogP contribution >= 0.6 is 35.1 Å². The number of hydrogen-bond donors (Lipinski definition) is 1. The Balaban J connectivity index is 1.75. The molecule has 0 saturated heterocycles. The van der Waals surface area contributed by atoms with Crippen molar-refractivity contribution in [2.45, 2.75) is 42.9 Å². The van der Waals surface area contributed by atoms with Crippen molar-refractivity contribution < 1.29 is 4.79 Å². The maximum atomic E-state index is 12.5. The normalized spacial score (nSPS) is 12.6. The fourth-order valence-corrected chi connectivity index (χ4v) is 4.99. The van der Waals surface area contributed by atoms with Crippen LogP contribution in [0.1, 0.15) is 49.0 Å². The molecule has 1 aliphatic heterocycles. The minimum Gasteiger partial charge on any atom is -0.352 e. The fraction of sp³-hybridized carbons (Fsp3) is 0.364. The Morgan fingerprint density at radius 3 is 2.75 bits per heavy atom. The molecule has 3 rings (SSSR count). The summed E-state index contributed by atoms with van der Waals surface area (Å²) < 4.78 is 0. The van der Waals surface area contributed by atoms with Gasteiger partial charge in [0, 0.05) is 38.2 Å². The molecule has 1 aliphatic rings. The third-order valence-corrected chi connectivity index (χ3v) is 7.03. The number of thioether (sulfide) groups is 1. The van der Waals surface area contributed by atoms with Crippen LogP contribution in [-0.2, 0) is 0 Å². The first-order valence-corrected chi connectivity index (χ1v) is 12.0. The second-order valence-corrected chi connectivity index (χ2v) is 9.30. The lowest BCUT2D eigenvalue weighted by atomic mass is 10.1. The third kappa shape index (κ3) is 5.34. The molecule has 3 nitrogen and oxygen atoms in total. The van der Waals surface area contributed by atoms with Gasteiger partial charge in [-0.05, 0) is 67.2 Å². The molecule has 0 bridgehead atoms. The summed E-state index contributed by atoms with van der Waals surface area (Å²) in [6, 6.07) is 11.7. The molecule has 2 aromatic rings. The van der Waals surface area contributed by atoms with Gasteiger partial charge < -0.3 is 5.32 Å². The van der Waals surface area contributed by atoms with Crippen molar-refractivity contribution in [2.24, 2.45) is 4.99 Å². The maximum absolute atomic E-state index is 12.5. The summed E-state index contributed by atoms with van der Waals surface area (Å²) in [6.45, 7) is 4.98. The average Bonchev–Trinajstić information content (AvgIpc) is 2.86. The molecule has 0 radical (unpaired) electrons. The predicted octanol–water partition coefficient (Wildman–Crippen LogP) is 6.60. The van der Waals surface area contributed by atoms with E-state index in [4.69, 9.17) is 16.6 Å². The van der Waals surface area contributed by atoms with Crippen LogP contribution in [0, 0.1) is 0 Å². The minimum absolute atomic E-state index is 0.0358. The van der Waals surface area contributed by atoms with Gasteiger partial charge in [0.05, 0.1) is 5.69 Å². The maximum Gasteiger partial charge on any atom is 0.251 e. The Morgan fingerprint density at radius 2 is 1.96 bits per heavy atom. The predicted molar refractivity (Wildman–Crippen MR) is 123 cm³/mol. The number of halogens is 1. The zero-order valence-electron chi connectivity index (χ0n) is 16.3. The van der Waals surface area contributed by atoms with E-state index in [9.17, 15) is 4.79 Å². The number of nitrogens with one attached hydrogen (secondary N) is 1. The van der Waals surface area contributed by atoms with Crippen molar-refractivity contribution in [3.05, 3.63) is 52.5 Å². The molecular formula is C22H25ClN2OS2. The molecule has 0 fully saturated rings. The SMILES string of the molecule is CCCSCCCNC(=O)c1ccc2c(c1)N=C(CC)c1cc(Cl)ccc1S2. The van der Waals surface area contributed by atoms with Gasteiger partial charge in [-0.25, -0.2) is 0 Å². The Bertz CT molecular complexity index is 883. The zero-order chi connectivity index (χ0) is 19.9. The largest absolute Gasteiger partial charge is 0.352 e. The molecule has 0 spiro atoms. The van der Waals surface area contributed by atoms with Crippen molar-refractivity contribution in [3.8, 4) is 0 Å². The Morgan fingerprint density at radius 1 is 1.14 bits per heavy atom. The smallest absolute Gasteiger partial charge is 0.251 e. The first kappa shape index (κ1) is 21.3. The highest BCUT2D eigenvalue weighted by Crippen LogP contribution is 2.41. The van der Waals surface area contributed by atoms with Crippen LogP contribution in [0.15, 0.2) is 51.2 Å². The third-order valence-electron chi connectivity index (χ3n) is 4.38. The van der Waals surface area contributed by atoms with Crippen LogP contribution in [0.25, 0.3) is 0 Å². The number of carbonyl (C=O) groups excluding carboxylic acids is 1. The molecule has 0 aliphatic carbocycles. The highest BCUT2D eigenvalue weighted by Gasteiger charge is 2.18. The quantitative estimate of drug-likeness (QED) is 0.478. The van der Waals surface area contributed by atoms with Gasteiger partial charge in [-0.3, -0.25) is 9.79 Å².